The number of hydrogen-bond donors (Lipinski definition) is 0. The largest absolute Gasteiger partial charge is 0.490 e. The van der Waals surface area contributed by atoms with Crippen molar-refractivity contribution in [2.45, 2.75) is 12.0 Å². The Kier molecular flexibility index (Phi) is 8.83. The maximum absolute atomic E-state index is 13.3. The van der Waals surface area contributed by atoms with Crippen molar-refractivity contribution in [2.24, 2.45) is 0 Å². The zero-order valence-corrected chi connectivity index (χ0v) is 21.4. The van der Waals surface area contributed by atoms with Crippen LogP contribution in [-0.4, -0.2) is 101 Å². The fourth-order valence-electron chi connectivity index (χ4n) is 4.34. The zero-order chi connectivity index (χ0) is 26.3. The van der Waals surface area contributed by atoms with Crippen molar-refractivity contribution >= 4 is 17.5 Å². The van der Waals surface area contributed by atoms with Crippen LogP contribution in [0.1, 0.15) is 6.42 Å². The minimum Gasteiger partial charge on any atom is -0.490 e. The van der Waals surface area contributed by atoms with E-state index in [9.17, 15) is 14.0 Å². The van der Waals surface area contributed by atoms with Crippen LogP contribution in [0.4, 0.5) is 10.1 Å². The Morgan fingerprint density at radius 1 is 0.946 bits per heavy atom. The molecule has 0 saturated carbocycles. The van der Waals surface area contributed by atoms with Crippen LogP contribution in [0.15, 0.2) is 48.5 Å². The van der Waals surface area contributed by atoms with Crippen LogP contribution in [-0.2, 0) is 19.1 Å². The van der Waals surface area contributed by atoms with E-state index in [1.807, 2.05) is 37.2 Å². The Labute approximate surface area is 216 Å². The maximum Gasteiger partial charge on any atom is 0.260 e. The summed E-state index contributed by atoms with van der Waals surface area (Å²) in [5, 5.41) is 0. The Morgan fingerprint density at radius 3 is 2.41 bits per heavy atom. The van der Waals surface area contributed by atoms with Crippen molar-refractivity contribution in [3.63, 3.8) is 0 Å². The number of halogens is 1. The van der Waals surface area contributed by atoms with Gasteiger partial charge in [0.25, 0.3) is 5.91 Å². The first-order chi connectivity index (χ1) is 17.8. The van der Waals surface area contributed by atoms with Crippen LogP contribution in [0.5, 0.6) is 11.5 Å². The van der Waals surface area contributed by atoms with Gasteiger partial charge in [-0.15, -0.1) is 0 Å². The first-order valence-corrected chi connectivity index (χ1v) is 12.4. The second-order valence-corrected chi connectivity index (χ2v) is 9.44. The normalized spacial score (nSPS) is 19.9. The lowest BCUT2D eigenvalue weighted by Gasteiger charge is -2.43. The number of morpholine rings is 2. The lowest BCUT2D eigenvalue weighted by molar-refractivity contribution is -0.168. The molecule has 0 N–H and O–H groups in total. The molecular formula is C27H34FN3O6. The van der Waals surface area contributed by atoms with Gasteiger partial charge in [-0.05, 0) is 36.4 Å². The number of rotatable bonds is 9. The molecule has 2 aromatic rings. The fourth-order valence-corrected chi connectivity index (χ4v) is 4.34. The molecule has 9 nitrogen and oxygen atoms in total. The second kappa shape index (κ2) is 12.2. The standard InChI is InChI=1S/C27H34FN3O6/c1-29(2)22-4-3-5-24(16-22)35-18-26(33)31-12-15-37-27(19-31,17-25(32)30-10-13-34-14-11-30)20-36-23-8-6-21(28)7-9-23/h3-9,16H,10-15,17-20H2,1-2H3/t27-/m1/s1. The number of carbonyl (C=O) groups is 2. The van der Waals surface area contributed by atoms with Crippen LogP contribution < -0.4 is 14.4 Å². The maximum atomic E-state index is 13.3. The Bertz CT molecular complexity index is 1060. The quantitative estimate of drug-likeness (QED) is 0.507. The summed E-state index contributed by atoms with van der Waals surface area (Å²) in [5.41, 5.74) is -0.0855. The average molecular weight is 516 g/mol. The van der Waals surface area contributed by atoms with Gasteiger partial charge in [0.1, 0.15) is 29.5 Å². The van der Waals surface area contributed by atoms with Gasteiger partial charge in [0.05, 0.1) is 32.8 Å². The molecule has 200 valence electrons. The van der Waals surface area contributed by atoms with Gasteiger partial charge in [0.15, 0.2) is 6.61 Å². The molecule has 2 saturated heterocycles. The first kappa shape index (κ1) is 26.7. The molecule has 37 heavy (non-hydrogen) atoms. The zero-order valence-electron chi connectivity index (χ0n) is 21.4. The number of anilines is 1. The van der Waals surface area contributed by atoms with Crippen LogP contribution in [0.2, 0.25) is 0 Å². The summed E-state index contributed by atoms with van der Waals surface area (Å²) in [6.07, 6.45) is 0.0453. The predicted octanol–water partition coefficient (Wildman–Crippen LogP) is 2.20. The predicted molar refractivity (Wildman–Crippen MR) is 135 cm³/mol. The van der Waals surface area contributed by atoms with Crippen molar-refractivity contribution < 1.29 is 32.9 Å². The Morgan fingerprint density at radius 2 is 1.68 bits per heavy atom. The van der Waals surface area contributed by atoms with E-state index in [1.54, 1.807) is 15.9 Å². The molecule has 2 aromatic carbocycles. The van der Waals surface area contributed by atoms with Crippen molar-refractivity contribution in [3.8, 4) is 11.5 Å². The molecule has 10 heteroatoms. The molecule has 2 fully saturated rings. The SMILES string of the molecule is CN(C)c1cccc(OCC(=O)N2CCO[C@](COc3ccc(F)cc3)(CC(=O)N3CCOCC3)C2)c1. The number of benzene rings is 2. The molecule has 2 amide bonds. The third kappa shape index (κ3) is 7.33. The van der Waals surface area contributed by atoms with Crippen molar-refractivity contribution in [3.05, 3.63) is 54.3 Å². The number of nitrogens with zero attached hydrogens (tertiary/aromatic N) is 3. The summed E-state index contributed by atoms with van der Waals surface area (Å²) >= 11 is 0. The van der Waals surface area contributed by atoms with E-state index in [0.29, 0.717) is 44.3 Å². The van der Waals surface area contributed by atoms with Gasteiger partial charge in [-0.25, -0.2) is 4.39 Å². The summed E-state index contributed by atoms with van der Waals surface area (Å²) in [5.74, 6) is 0.393. The summed E-state index contributed by atoms with van der Waals surface area (Å²) < 4.78 is 36.5. The summed E-state index contributed by atoms with van der Waals surface area (Å²) in [6.45, 7) is 2.70. The monoisotopic (exact) mass is 515 g/mol. The fraction of sp³-hybridized carbons (Fsp3) is 0.481. The Hall–Kier alpha value is -3.37. The molecule has 1 atom stereocenters. The molecule has 0 radical (unpaired) electrons. The van der Waals surface area contributed by atoms with Crippen molar-refractivity contribution in [1.82, 2.24) is 9.80 Å². The summed E-state index contributed by atoms with van der Waals surface area (Å²) in [7, 11) is 3.87. The first-order valence-electron chi connectivity index (χ1n) is 12.4. The molecule has 0 aromatic heterocycles. The number of hydrogen-bond acceptors (Lipinski definition) is 7. The molecule has 0 unspecified atom stereocenters. The van der Waals surface area contributed by atoms with Gasteiger partial charge in [0.2, 0.25) is 5.91 Å². The highest BCUT2D eigenvalue weighted by Crippen LogP contribution is 2.26. The minimum atomic E-state index is -1.05. The number of amides is 2. The highest BCUT2D eigenvalue weighted by molar-refractivity contribution is 5.79. The van der Waals surface area contributed by atoms with Crippen LogP contribution >= 0.6 is 0 Å². The van der Waals surface area contributed by atoms with Gasteiger partial charge in [-0.3, -0.25) is 9.59 Å². The minimum absolute atomic E-state index is 0.0320. The van der Waals surface area contributed by atoms with E-state index in [-0.39, 0.29) is 50.4 Å². The molecule has 0 aliphatic carbocycles. The summed E-state index contributed by atoms with van der Waals surface area (Å²) in [6, 6.07) is 13.2. The molecule has 2 heterocycles. The molecule has 0 bridgehead atoms. The second-order valence-electron chi connectivity index (χ2n) is 9.44. The van der Waals surface area contributed by atoms with Gasteiger partial charge in [-0.1, -0.05) is 6.07 Å². The third-order valence-electron chi connectivity index (χ3n) is 6.45. The molecule has 2 aliphatic rings. The Balaban J connectivity index is 1.44. The van der Waals surface area contributed by atoms with E-state index >= 15 is 0 Å². The van der Waals surface area contributed by atoms with Crippen molar-refractivity contribution in [1.29, 1.82) is 0 Å². The molecule has 4 rings (SSSR count). The summed E-state index contributed by atoms with van der Waals surface area (Å²) in [4.78, 5) is 31.6. The number of ether oxygens (including phenoxy) is 4. The highest BCUT2D eigenvalue weighted by Gasteiger charge is 2.42. The molecule has 0 spiro atoms. The van der Waals surface area contributed by atoms with Crippen LogP contribution in [0, 0.1) is 5.82 Å². The topological polar surface area (TPSA) is 80.8 Å². The lowest BCUT2D eigenvalue weighted by Crippen LogP contribution is -2.59. The van der Waals surface area contributed by atoms with E-state index in [2.05, 4.69) is 0 Å². The average Bonchev–Trinajstić information content (AvgIpc) is 2.92. The van der Waals surface area contributed by atoms with E-state index in [1.165, 1.54) is 24.3 Å². The van der Waals surface area contributed by atoms with Gasteiger partial charge in [-0.2, -0.15) is 0 Å². The highest BCUT2D eigenvalue weighted by atomic mass is 19.1. The number of carbonyl (C=O) groups excluding carboxylic acids is 2. The van der Waals surface area contributed by atoms with Crippen LogP contribution in [0.25, 0.3) is 0 Å². The molecular weight excluding hydrogens is 481 g/mol. The lowest BCUT2D eigenvalue weighted by atomic mass is 9.96. The molecule has 2 aliphatic heterocycles. The van der Waals surface area contributed by atoms with Gasteiger partial charge >= 0.3 is 0 Å². The van der Waals surface area contributed by atoms with E-state index in [4.69, 9.17) is 18.9 Å². The van der Waals surface area contributed by atoms with E-state index in [0.717, 1.165) is 5.69 Å². The van der Waals surface area contributed by atoms with Gasteiger partial charge < -0.3 is 33.6 Å². The third-order valence-corrected chi connectivity index (χ3v) is 6.45. The van der Waals surface area contributed by atoms with Crippen molar-refractivity contribution in [2.75, 3.05) is 78.2 Å². The van der Waals surface area contributed by atoms with Gasteiger partial charge in [0, 0.05) is 45.5 Å². The smallest absolute Gasteiger partial charge is 0.260 e. The van der Waals surface area contributed by atoms with E-state index < -0.39 is 5.60 Å². The van der Waals surface area contributed by atoms with Crippen LogP contribution in [0.3, 0.4) is 0 Å².